The van der Waals surface area contributed by atoms with Crippen LogP contribution in [0.3, 0.4) is 0 Å². The largest absolute Gasteiger partial charge is 0.327 e. The van der Waals surface area contributed by atoms with Gasteiger partial charge in [0.25, 0.3) is 0 Å². The summed E-state index contributed by atoms with van der Waals surface area (Å²) in [5.41, 5.74) is 6.13. The van der Waals surface area contributed by atoms with E-state index in [0.717, 1.165) is 38.6 Å². The molecule has 0 spiro atoms. The predicted octanol–water partition coefficient (Wildman–Crippen LogP) is 0.660. The zero-order valence-corrected chi connectivity index (χ0v) is 12.9. The first kappa shape index (κ1) is 14.8. The lowest BCUT2D eigenvalue weighted by molar-refractivity contribution is 0.205. The molecule has 0 radical (unpaired) electrons. The first-order chi connectivity index (χ1) is 9.56. The quantitative estimate of drug-likeness (QED) is 0.803. The number of sulfonamides is 1. The summed E-state index contributed by atoms with van der Waals surface area (Å²) in [4.78, 5) is 0. The van der Waals surface area contributed by atoms with E-state index in [9.17, 15) is 8.42 Å². The van der Waals surface area contributed by atoms with Gasteiger partial charge in [0.2, 0.25) is 10.0 Å². The number of rotatable bonds is 3. The Morgan fingerprint density at radius 1 is 1.15 bits per heavy atom. The molecule has 6 heteroatoms. The molecule has 3 aliphatic rings. The molecule has 3 fully saturated rings. The van der Waals surface area contributed by atoms with Crippen molar-refractivity contribution >= 4 is 10.0 Å². The van der Waals surface area contributed by atoms with Crippen LogP contribution in [0.5, 0.6) is 0 Å². The Hall–Kier alpha value is -0.170. The van der Waals surface area contributed by atoms with Gasteiger partial charge in [-0.25, -0.2) is 8.42 Å². The van der Waals surface area contributed by atoms with E-state index in [1.165, 1.54) is 12.8 Å². The van der Waals surface area contributed by atoms with Gasteiger partial charge < -0.3 is 11.1 Å². The van der Waals surface area contributed by atoms with Crippen LogP contribution >= 0.6 is 0 Å². The number of hydrogen-bond acceptors (Lipinski definition) is 4. The monoisotopic (exact) mass is 301 g/mol. The fourth-order valence-electron chi connectivity index (χ4n) is 4.08. The van der Waals surface area contributed by atoms with Crippen molar-refractivity contribution in [3.05, 3.63) is 0 Å². The van der Waals surface area contributed by atoms with E-state index >= 15 is 0 Å². The molecule has 20 heavy (non-hydrogen) atoms. The minimum absolute atomic E-state index is 0.141. The van der Waals surface area contributed by atoms with Gasteiger partial charge in [-0.05, 0) is 44.4 Å². The van der Waals surface area contributed by atoms with Gasteiger partial charge in [-0.1, -0.05) is 6.42 Å². The molecule has 116 valence electrons. The van der Waals surface area contributed by atoms with Crippen molar-refractivity contribution in [3.8, 4) is 0 Å². The summed E-state index contributed by atoms with van der Waals surface area (Å²) >= 11 is 0. The number of nitrogens with one attached hydrogen (secondary N) is 1. The van der Waals surface area contributed by atoms with Crippen molar-refractivity contribution in [2.75, 3.05) is 18.8 Å². The van der Waals surface area contributed by atoms with Crippen LogP contribution in [0.25, 0.3) is 0 Å². The van der Waals surface area contributed by atoms with Gasteiger partial charge in [-0.3, -0.25) is 0 Å². The van der Waals surface area contributed by atoms with Crippen molar-refractivity contribution in [2.24, 2.45) is 11.7 Å². The highest BCUT2D eigenvalue weighted by molar-refractivity contribution is 7.89. The Morgan fingerprint density at radius 2 is 2.00 bits per heavy atom. The molecule has 2 aliphatic heterocycles. The van der Waals surface area contributed by atoms with E-state index in [1.54, 1.807) is 4.31 Å². The molecule has 5 nitrogen and oxygen atoms in total. The van der Waals surface area contributed by atoms with Gasteiger partial charge in [0.1, 0.15) is 0 Å². The Morgan fingerprint density at radius 3 is 2.75 bits per heavy atom. The molecule has 0 amide bonds. The van der Waals surface area contributed by atoms with Crippen LogP contribution in [-0.2, 0) is 10.0 Å². The van der Waals surface area contributed by atoms with Crippen molar-refractivity contribution in [1.29, 1.82) is 0 Å². The highest BCUT2D eigenvalue weighted by Gasteiger charge is 2.38. The maximum atomic E-state index is 12.4. The van der Waals surface area contributed by atoms with E-state index in [-0.39, 0.29) is 6.04 Å². The average molecular weight is 301 g/mol. The van der Waals surface area contributed by atoms with Crippen LogP contribution in [0.15, 0.2) is 0 Å². The zero-order valence-electron chi connectivity index (χ0n) is 12.1. The Kier molecular flexibility index (Phi) is 4.36. The van der Waals surface area contributed by atoms with E-state index < -0.39 is 10.0 Å². The van der Waals surface area contributed by atoms with Crippen LogP contribution in [0.2, 0.25) is 0 Å². The number of piperazine rings is 1. The second-order valence-electron chi connectivity index (χ2n) is 6.72. The van der Waals surface area contributed by atoms with E-state index in [4.69, 9.17) is 5.73 Å². The molecule has 3 rings (SSSR count). The molecule has 1 unspecified atom stereocenters. The maximum absolute atomic E-state index is 12.4. The van der Waals surface area contributed by atoms with Gasteiger partial charge in [0.15, 0.2) is 0 Å². The Bertz CT molecular complexity index is 440. The van der Waals surface area contributed by atoms with Crippen LogP contribution in [0.1, 0.15) is 44.9 Å². The highest BCUT2D eigenvalue weighted by Crippen LogP contribution is 2.30. The minimum Gasteiger partial charge on any atom is -0.327 e. The number of nitrogens with zero attached hydrogens (tertiary/aromatic N) is 1. The first-order valence-corrected chi connectivity index (χ1v) is 9.65. The van der Waals surface area contributed by atoms with Crippen molar-refractivity contribution in [3.63, 3.8) is 0 Å². The lowest BCUT2D eigenvalue weighted by atomic mass is 9.94. The molecule has 0 aromatic carbocycles. The van der Waals surface area contributed by atoms with Gasteiger partial charge in [-0.15, -0.1) is 0 Å². The normalized spacial score (nSPS) is 44.1. The van der Waals surface area contributed by atoms with E-state index in [2.05, 4.69) is 5.32 Å². The van der Waals surface area contributed by atoms with E-state index in [1.807, 2.05) is 0 Å². The predicted molar refractivity (Wildman–Crippen MR) is 79.9 cm³/mol. The third-order valence-electron chi connectivity index (χ3n) is 5.35. The lowest BCUT2D eigenvalue weighted by Crippen LogP contribution is -2.57. The second-order valence-corrected chi connectivity index (χ2v) is 8.76. The fraction of sp³-hybridized carbons (Fsp3) is 1.00. The zero-order chi connectivity index (χ0) is 14.2. The van der Waals surface area contributed by atoms with Crippen molar-refractivity contribution in [2.45, 2.75) is 63.1 Å². The Labute approximate surface area is 122 Å². The summed E-state index contributed by atoms with van der Waals surface area (Å²) in [6.45, 7) is 1.48. The standard InChI is InChI=1S/C14H27N3O2S/c15-14-5-1-3-11(14)6-7-13-9-16-12-4-2-8-20(18,19)17(13)10-12/h11-14,16H,1-10,15H2/t11-,12-,13+,14+/m1/s1. The molecule has 1 saturated carbocycles. The Balaban J connectivity index is 1.63. The molecule has 1 aliphatic carbocycles. The summed E-state index contributed by atoms with van der Waals surface area (Å²) < 4.78 is 26.5. The van der Waals surface area contributed by atoms with Crippen molar-refractivity contribution in [1.82, 2.24) is 9.62 Å². The SMILES string of the molecule is N[C@H]1CCC[C@@H]1CC[C@H]1CN[C@@H]2CCCS(=O)(=O)N1C2. The molecule has 0 aromatic rings. The highest BCUT2D eigenvalue weighted by atomic mass is 32.2. The van der Waals surface area contributed by atoms with Gasteiger partial charge in [0, 0.05) is 31.2 Å². The third-order valence-corrected chi connectivity index (χ3v) is 7.32. The smallest absolute Gasteiger partial charge is 0.214 e. The van der Waals surface area contributed by atoms with Crippen molar-refractivity contribution < 1.29 is 8.42 Å². The molecule has 2 bridgehead atoms. The molecule has 3 N–H and O–H groups in total. The topological polar surface area (TPSA) is 75.4 Å². The fourth-order valence-corrected chi connectivity index (χ4v) is 5.88. The number of fused-ring (bicyclic) bond motifs is 2. The molecule has 0 aromatic heterocycles. The van der Waals surface area contributed by atoms with Gasteiger partial charge in [0.05, 0.1) is 5.75 Å². The molecule has 2 heterocycles. The van der Waals surface area contributed by atoms with Crippen LogP contribution in [-0.4, -0.2) is 49.7 Å². The summed E-state index contributed by atoms with van der Waals surface area (Å²) in [6.07, 6.45) is 7.39. The first-order valence-electron chi connectivity index (χ1n) is 8.05. The van der Waals surface area contributed by atoms with Gasteiger partial charge in [-0.2, -0.15) is 4.31 Å². The van der Waals surface area contributed by atoms with Crippen LogP contribution in [0.4, 0.5) is 0 Å². The number of nitrogens with two attached hydrogens (primary N) is 1. The molecule has 5 atom stereocenters. The second kappa shape index (κ2) is 5.91. The average Bonchev–Trinajstić information content (AvgIpc) is 2.77. The summed E-state index contributed by atoms with van der Waals surface area (Å²) in [7, 11) is -3.04. The molecular formula is C14H27N3O2S. The summed E-state index contributed by atoms with van der Waals surface area (Å²) in [5.74, 6) is 0.923. The van der Waals surface area contributed by atoms with E-state index in [0.29, 0.717) is 30.3 Å². The third kappa shape index (κ3) is 3.03. The summed E-state index contributed by atoms with van der Waals surface area (Å²) in [6, 6.07) is 0.833. The number of hydrogen-bond donors (Lipinski definition) is 2. The minimum atomic E-state index is -3.04. The molecular weight excluding hydrogens is 274 g/mol. The maximum Gasteiger partial charge on any atom is 0.214 e. The van der Waals surface area contributed by atoms with Crippen LogP contribution < -0.4 is 11.1 Å². The van der Waals surface area contributed by atoms with Crippen LogP contribution in [0, 0.1) is 5.92 Å². The summed E-state index contributed by atoms with van der Waals surface area (Å²) in [5, 5.41) is 3.53. The van der Waals surface area contributed by atoms with Gasteiger partial charge >= 0.3 is 0 Å². The lowest BCUT2D eigenvalue weighted by Gasteiger charge is -2.38. The molecule has 2 saturated heterocycles.